The first-order chi connectivity index (χ1) is 11.5. The summed E-state index contributed by atoms with van der Waals surface area (Å²) in [4.78, 5) is 31.6. The van der Waals surface area contributed by atoms with Gasteiger partial charge in [0, 0.05) is 6.42 Å². The van der Waals surface area contributed by atoms with E-state index in [1.54, 1.807) is 6.92 Å². The monoisotopic (exact) mass is 327 g/mol. The summed E-state index contributed by atoms with van der Waals surface area (Å²) in [5, 5.41) is 18.0. The van der Waals surface area contributed by atoms with Crippen molar-refractivity contribution < 1.29 is 14.7 Å². The summed E-state index contributed by atoms with van der Waals surface area (Å²) >= 11 is 0. The van der Waals surface area contributed by atoms with E-state index in [2.05, 4.69) is 25.9 Å². The van der Waals surface area contributed by atoms with Crippen LogP contribution in [0.4, 0.5) is 17.3 Å². The number of nitrogens with one attached hydrogen (secondary N) is 3. The molecule has 2 heterocycles. The molecule has 24 heavy (non-hydrogen) atoms. The van der Waals surface area contributed by atoms with Crippen molar-refractivity contribution in [1.82, 2.24) is 9.97 Å². The Morgan fingerprint density at radius 3 is 2.79 bits per heavy atom. The summed E-state index contributed by atoms with van der Waals surface area (Å²) in [6.07, 6.45) is 1.60. The van der Waals surface area contributed by atoms with Crippen molar-refractivity contribution >= 4 is 29.2 Å². The number of hydrogen-bond acceptors (Lipinski definition) is 6. The van der Waals surface area contributed by atoms with Crippen LogP contribution in [0.1, 0.15) is 12.5 Å². The third-order valence-corrected chi connectivity index (χ3v) is 3.73. The molecule has 1 amide bonds. The zero-order chi connectivity index (χ0) is 17.1. The first kappa shape index (κ1) is 15.7. The van der Waals surface area contributed by atoms with Crippen LogP contribution < -0.4 is 16.0 Å². The minimum absolute atomic E-state index is 0.227. The summed E-state index contributed by atoms with van der Waals surface area (Å²) in [7, 11) is 0. The highest BCUT2D eigenvalue weighted by Gasteiger charge is 2.27. The topological polar surface area (TPSA) is 116 Å². The second-order valence-electron chi connectivity index (χ2n) is 5.53. The molecule has 0 saturated heterocycles. The van der Waals surface area contributed by atoms with Crippen molar-refractivity contribution in [2.24, 2.45) is 0 Å². The van der Waals surface area contributed by atoms with E-state index in [-0.39, 0.29) is 18.1 Å². The number of anilines is 3. The number of carboxylic acids is 1. The maximum Gasteiger partial charge on any atom is 0.326 e. The van der Waals surface area contributed by atoms with E-state index < -0.39 is 18.1 Å². The fourth-order valence-corrected chi connectivity index (χ4v) is 2.44. The molecule has 8 heteroatoms. The average Bonchev–Trinajstić information content (AvgIpc) is 2.57. The van der Waals surface area contributed by atoms with Crippen LogP contribution in [0.5, 0.6) is 0 Å². The van der Waals surface area contributed by atoms with Gasteiger partial charge in [0.25, 0.3) is 0 Å². The molecule has 4 N–H and O–H groups in total. The van der Waals surface area contributed by atoms with Crippen molar-refractivity contribution in [2.75, 3.05) is 16.0 Å². The fraction of sp³-hybridized carbons (Fsp3) is 0.250. The van der Waals surface area contributed by atoms with E-state index in [1.165, 1.54) is 6.33 Å². The Hall–Kier alpha value is -3.16. The third kappa shape index (κ3) is 3.27. The van der Waals surface area contributed by atoms with Gasteiger partial charge in [-0.25, -0.2) is 14.8 Å². The van der Waals surface area contributed by atoms with E-state index >= 15 is 0 Å². The number of aliphatic carboxylic acids is 1. The molecule has 0 radical (unpaired) electrons. The predicted molar refractivity (Wildman–Crippen MR) is 88.9 cm³/mol. The number of aromatic nitrogens is 2. The van der Waals surface area contributed by atoms with Gasteiger partial charge in [-0.1, -0.05) is 30.3 Å². The molecule has 1 aliphatic heterocycles. The number of carbonyl (C=O) groups excluding carboxylic acids is 1. The third-order valence-electron chi connectivity index (χ3n) is 3.73. The lowest BCUT2D eigenvalue weighted by atomic mass is 10.1. The molecule has 1 unspecified atom stereocenters. The van der Waals surface area contributed by atoms with E-state index in [9.17, 15) is 14.7 Å². The molecule has 3 rings (SSSR count). The molecule has 8 nitrogen and oxygen atoms in total. The molecular formula is C16H17N5O3. The number of carbonyl (C=O) groups is 2. The largest absolute Gasteiger partial charge is 0.480 e. The Bertz CT molecular complexity index is 766. The van der Waals surface area contributed by atoms with Crippen LogP contribution >= 0.6 is 0 Å². The number of amides is 1. The van der Waals surface area contributed by atoms with Crippen molar-refractivity contribution in [2.45, 2.75) is 25.4 Å². The number of fused-ring (bicyclic) bond motifs is 1. The van der Waals surface area contributed by atoms with Crippen LogP contribution in [0.2, 0.25) is 0 Å². The maximum atomic E-state index is 11.8. The Kier molecular flexibility index (Phi) is 4.28. The molecule has 0 fully saturated rings. The van der Waals surface area contributed by atoms with Gasteiger partial charge in [-0.3, -0.25) is 4.79 Å². The van der Waals surface area contributed by atoms with Gasteiger partial charge in [-0.15, -0.1) is 0 Å². The van der Waals surface area contributed by atoms with Gasteiger partial charge in [0.1, 0.15) is 24.1 Å². The van der Waals surface area contributed by atoms with Gasteiger partial charge in [-0.2, -0.15) is 0 Å². The number of hydrogen-bond donors (Lipinski definition) is 4. The van der Waals surface area contributed by atoms with E-state index in [4.69, 9.17) is 0 Å². The number of benzene rings is 1. The molecule has 0 bridgehead atoms. The summed E-state index contributed by atoms with van der Waals surface area (Å²) < 4.78 is 0. The second kappa shape index (κ2) is 6.53. The molecule has 124 valence electrons. The van der Waals surface area contributed by atoms with Gasteiger partial charge in [0.2, 0.25) is 5.91 Å². The van der Waals surface area contributed by atoms with Crippen molar-refractivity contribution in [3.8, 4) is 0 Å². The maximum absolute atomic E-state index is 11.8. The van der Waals surface area contributed by atoms with E-state index in [1.807, 2.05) is 30.3 Å². The zero-order valence-electron chi connectivity index (χ0n) is 13.0. The summed E-state index contributed by atoms with van der Waals surface area (Å²) in [6, 6.07) is 7.99. The molecule has 1 aromatic carbocycles. The lowest BCUT2D eigenvalue weighted by molar-refractivity contribution is -0.137. The van der Waals surface area contributed by atoms with Crippen molar-refractivity contribution in [1.29, 1.82) is 0 Å². The Balaban J connectivity index is 1.85. The van der Waals surface area contributed by atoms with Crippen LogP contribution in [0.3, 0.4) is 0 Å². The molecule has 0 aliphatic carbocycles. The first-order valence-electron chi connectivity index (χ1n) is 7.50. The van der Waals surface area contributed by atoms with Crippen LogP contribution in [0, 0.1) is 0 Å². The highest BCUT2D eigenvalue weighted by Crippen LogP contribution is 2.30. The van der Waals surface area contributed by atoms with Gasteiger partial charge in [0.15, 0.2) is 11.6 Å². The number of carboxylic acid groups (broad SMARTS) is 1. The summed E-state index contributed by atoms with van der Waals surface area (Å²) in [5.41, 5.74) is 1.25. The van der Waals surface area contributed by atoms with Gasteiger partial charge >= 0.3 is 5.97 Å². The van der Waals surface area contributed by atoms with Crippen LogP contribution in [-0.2, 0) is 16.0 Å². The van der Waals surface area contributed by atoms with Crippen LogP contribution in [-0.4, -0.2) is 39.0 Å². The highest BCUT2D eigenvalue weighted by atomic mass is 16.4. The minimum Gasteiger partial charge on any atom is -0.480 e. The van der Waals surface area contributed by atoms with E-state index in [0.29, 0.717) is 11.5 Å². The number of rotatable bonds is 5. The first-order valence-corrected chi connectivity index (χ1v) is 7.50. The highest BCUT2D eigenvalue weighted by molar-refractivity contribution is 6.04. The zero-order valence-corrected chi connectivity index (χ0v) is 13.0. The average molecular weight is 327 g/mol. The molecule has 1 aromatic heterocycles. The predicted octanol–water partition coefficient (Wildman–Crippen LogP) is 1.34. The van der Waals surface area contributed by atoms with Gasteiger partial charge < -0.3 is 21.1 Å². The smallest absolute Gasteiger partial charge is 0.326 e. The number of nitrogens with zero attached hydrogens (tertiary/aromatic N) is 2. The van der Waals surface area contributed by atoms with Crippen molar-refractivity contribution in [3.63, 3.8) is 0 Å². The SMILES string of the molecule is CC1Nc2ncnc(N[C@@H](Cc3ccccc3)C(=O)O)c2NC1=O. The normalized spacial score (nSPS) is 17.2. The van der Waals surface area contributed by atoms with Crippen LogP contribution in [0.15, 0.2) is 36.7 Å². The molecule has 2 atom stereocenters. The molecular weight excluding hydrogens is 310 g/mol. The molecule has 1 aliphatic rings. The second-order valence-corrected chi connectivity index (χ2v) is 5.53. The lowest BCUT2D eigenvalue weighted by Crippen LogP contribution is -2.38. The van der Waals surface area contributed by atoms with Gasteiger partial charge in [-0.05, 0) is 12.5 Å². The summed E-state index contributed by atoms with van der Waals surface area (Å²) in [5.74, 6) is -0.496. The molecule has 0 spiro atoms. The summed E-state index contributed by atoms with van der Waals surface area (Å²) in [6.45, 7) is 1.71. The minimum atomic E-state index is -1.00. The standard InChI is InChI=1S/C16H17N5O3/c1-9-15(22)21-12-13(19-9)17-8-18-14(12)20-11(16(23)24)7-10-5-3-2-4-6-10/h2-6,8-9,11H,7H2,1H3,(H,21,22)(H,23,24)(H2,17,18,19,20)/t9?,11-/m0/s1. The van der Waals surface area contributed by atoms with Gasteiger partial charge in [0.05, 0.1) is 0 Å². The fourth-order valence-electron chi connectivity index (χ4n) is 2.44. The molecule has 0 saturated carbocycles. The Morgan fingerprint density at radius 1 is 1.33 bits per heavy atom. The van der Waals surface area contributed by atoms with Crippen molar-refractivity contribution in [3.05, 3.63) is 42.2 Å². The Morgan fingerprint density at radius 2 is 2.08 bits per heavy atom. The van der Waals surface area contributed by atoms with Crippen LogP contribution in [0.25, 0.3) is 0 Å². The van der Waals surface area contributed by atoms with E-state index in [0.717, 1.165) is 5.56 Å². The Labute approximate surface area is 138 Å². The lowest BCUT2D eigenvalue weighted by Gasteiger charge is -2.25. The quantitative estimate of drug-likeness (QED) is 0.655. The molecule has 2 aromatic rings.